The van der Waals surface area contributed by atoms with E-state index in [9.17, 15) is 4.79 Å². The van der Waals surface area contributed by atoms with Gasteiger partial charge in [-0.3, -0.25) is 0 Å². The molecule has 1 N–H and O–H groups in total. The lowest BCUT2D eigenvalue weighted by Crippen LogP contribution is -2.16. The van der Waals surface area contributed by atoms with Crippen LogP contribution in [0.3, 0.4) is 0 Å². The van der Waals surface area contributed by atoms with E-state index in [-0.39, 0.29) is 5.69 Å². The van der Waals surface area contributed by atoms with E-state index in [0.717, 1.165) is 27.5 Å². The van der Waals surface area contributed by atoms with Gasteiger partial charge < -0.3 is 4.98 Å². The number of aryl methyl sites for hydroxylation is 1. The van der Waals surface area contributed by atoms with Crippen LogP contribution in [0.15, 0.2) is 47.3 Å². The highest BCUT2D eigenvalue weighted by molar-refractivity contribution is 5.96. The molecule has 0 unspecified atom stereocenters. The van der Waals surface area contributed by atoms with Crippen molar-refractivity contribution in [2.75, 3.05) is 0 Å². The Morgan fingerprint density at radius 1 is 1.16 bits per heavy atom. The summed E-state index contributed by atoms with van der Waals surface area (Å²) in [5, 5.41) is 0.960. The second-order valence-electron chi connectivity index (χ2n) is 4.74. The molecule has 0 saturated carbocycles. The fourth-order valence-electron chi connectivity index (χ4n) is 2.54. The maximum Gasteiger partial charge on any atom is 0.332 e. The lowest BCUT2D eigenvalue weighted by Gasteiger charge is -2.01. The maximum atomic E-state index is 12.2. The van der Waals surface area contributed by atoms with Crippen molar-refractivity contribution in [1.82, 2.24) is 14.4 Å². The van der Waals surface area contributed by atoms with Crippen LogP contribution in [0.1, 0.15) is 5.56 Å². The van der Waals surface area contributed by atoms with Gasteiger partial charge in [-0.15, -0.1) is 0 Å². The minimum absolute atomic E-state index is 0.151. The van der Waals surface area contributed by atoms with E-state index in [0.29, 0.717) is 5.65 Å². The largest absolute Gasteiger partial charge is 0.332 e. The lowest BCUT2D eigenvalue weighted by molar-refractivity contribution is 1.06. The van der Waals surface area contributed by atoms with E-state index in [1.807, 2.05) is 49.4 Å². The number of nitrogens with one attached hydrogen (secondary N) is 1. The van der Waals surface area contributed by atoms with Crippen molar-refractivity contribution in [2.45, 2.75) is 6.92 Å². The number of hydrogen-bond acceptors (Lipinski definition) is 2. The molecule has 0 amide bonds. The molecule has 4 nitrogen and oxygen atoms in total. The number of hydrogen-bond donors (Lipinski definition) is 1. The molecule has 0 aliphatic heterocycles. The Labute approximate surface area is 108 Å². The molecule has 19 heavy (non-hydrogen) atoms. The smallest absolute Gasteiger partial charge is 0.306 e. The predicted molar refractivity (Wildman–Crippen MR) is 75.6 cm³/mol. The van der Waals surface area contributed by atoms with Crippen LogP contribution in [-0.2, 0) is 0 Å². The topological polar surface area (TPSA) is 50.2 Å². The number of nitrogens with zero attached hydrogens (tertiary/aromatic N) is 2. The van der Waals surface area contributed by atoms with E-state index in [1.165, 1.54) is 0 Å². The lowest BCUT2D eigenvalue weighted by atomic mass is 10.2. The Kier molecular flexibility index (Phi) is 1.87. The van der Waals surface area contributed by atoms with Crippen molar-refractivity contribution >= 4 is 27.6 Å². The van der Waals surface area contributed by atoms with E-state index >= 15 is 0 Å². The summed E-state index contributed by atoms with van der Waals surface area (Å²) >= 11 is 0. The second-order valence-corrected chi connectivity index (χ2v) is 4.74. The van der Waals surface area contributed by atoms with Crippen LogP contribution in [-0.4, -0.2) is 14.4 Å². The van der Waals surface area contributed by atoms with Gasteiger partial charge in [-0.05, 0) is 36.8 Å². The summed E-state index contributed by atoms with van der Waals surface area (Å²) in [4.78, 5) is 19.7. The Bertz CT molecular complexity index is 995. The number of aromatic amines is 1. The van der Waals surface area contributed by atoms with Crippen LogP contribution < -0.4 is 5.69 Å². The summed E-state index contributed by atoms with van der Waals surface area (Å²) in [7, 11) is 0. The summed E-state index contributed by atoms with van der Waals surface area (Å²) < 4.78 is 1.63. The number of rotatable bonds is 0. The first-order chi connectivity index (χ1) is 9.24. The third-order valence-electron chi connectivity index (χ3n) is 3.42. The molecule has 92 valence electrons. The third-order valence-corrected chi connectivity index (χ3v) is 3.42. The molecule has 0 aliphatic rings. The number of H-pyrrole nitrogens is 1. The summed E-state index contributed by atoms with van der Waals surface area (Å²) in [5.74, 6) is 0. The second kappa shape index (κ2) is 3.45. The molecule has 0 bridgehead atoms. The molecule has 0 spiro atoms. The van der Waals surface area contributed by atoms with Gasteiger partial charge in [0.2, 0.25) is 0 Å². The standard InChI is InChI=1S/C15H11N3O/c1-9-6-7-10-12(8-9)17-15(19)18-13-5-3-2-4-11(13)16-14(10)18/h2-8H,1H3,(H,17,19). The number of benzene rings is 2. The number of imidazole rings is 1. The van der Waals surface area contributed by atoms with Crippen LogP contribution in [0.25, 0.3) is 27.6 Å². The molecule has 0 atom stereocenters. The SMILES string of the molecule is Cc1ccc2c(c1)[nH]c(=O)n1c3ccccc3nc21. The molecule has 4 rings (SSSR count). The van der Waals surface area contributed by atoms with Gasteiger partial charge in [-0.1, -0.05) is 18.2 Å². The van der Waals surface area contributed by atoms with E-state index in [2.05, 4.69) is 9.97 Å². The van der Waals surface area contributed by atoms with E-state index < -0.39 is 0 Å². The van der Waals surface area contributed by atoms with Crippen molar-refractivity contribution in [3.05, 3.63) is 58.5 Å². The van der Waals surface area contributed by atoms with Gasteiger partial charge in [0.1, 0.15) is 0 Å². The van der Waals surface area contributed by atoms with Gasteiger partial charge in [-0.25, -0.2) is 14.2 Å². The first kappa shape index (κ1) is 10.3. The molecule has 2 aromatic heterocycles. The first-order valence-corrected chi connectivity index (χ1v) is 6.14. The molecular weight excluding hydrogens is 238 g/mol. The van der Waals surface area contributed by atoms with Crippen LogP contribution in [0, 0.1) is 6.92 Å². The highest BCUT2D eigenvalue weighted by atomic mass is 16.1. The van der Waals surface area contributed by atoms with Crippen molar-refractivity contribution < 1.29 is 0 Å². The van der Waals surface area contributed by atoms with Crippen molar-refractivity contribution in [3.8, 4) is 0 Å². The average molecular weight is 249 g/mol. The molecule has 2 aromatic carbocycles. The van der Waals surface area contributed by atoms with Gasteiger partial charge in [0.05, 0.1) is 16.6 Å². The molecule has 4 aromatic rings. The van der Waals surface area contributed by atoms with Gasteiger partial charge in [0.25, 0.3) is 0 Å². The minimum atomic E-state index is -0.151. The van der Waals surface area contributed by atoms with Crippen molar-refractivity contribution in [1.29, 1.82) is 0 Å². The fraction of sp³-hybridized carbons (Fsp3) is 0.0667. The molecular formula is C15H11N3O. The number of fused-ring (bicyclic) bond motifs is 5. The zero-order valence-electron chi connectivity index (χ0n) is 10.3. The fourth-order valence-corrected chi connectivity index (χ4v) is 2.54. The molecule has 0 fully saturated rings. The Balaban J connectivity index is 2.36. The molecule has 0 aliphatic carbocycles. The van der Waals surface area contributed by atoms with Crippen molar-refractivity contribution in [3.63, 3.8) is 0 Å². The quantitative estimate of drug-likeness (QED) is 0.521. The molecule has 0 radical (unpaired) electrons. The van der Waals surface area contributed by atoms with Crippen LogP contribution >= 0.6 is 0 Å². The molecule has 2 heterocycles. The average Bonchev–Trinajstić information content (AvgIpc) is 2.78. The highest BCUT2D eigenvalue weighted by Crippen LogP contribution is 2.21. The normalized spacial score (nSPS) is 11.6. The van der Waals surface area contributed by atoms with Gasteiger partial charge in [-0.2, -0.15) is 0 Å². The van der Waals surface area contributed by atoms with Crippen LogP contribution in [0.4, 0.5) is 0 Å². The number of aromatic nitrogens is 3. The highest BCUT2D eigenvalue weighted by Gasteiger charge is 2.10. The summed E-state index contributed by atoms with van der Waals surface area (Å²) in [6.07, 6.45) is 0. The molecule has 0 saturated heterocycles. The van der Waals surface area contributed by atoms with Gasteiger partial charge in [0.15, 0.2) is 5.65 Å². The van der Waals surface area contributed by atoms with Gasteiger partial charge >= 0.3 is 5.69 Å². The summed E-state index contributed by atoms with van der Waals surface area (Å²) in [6.45, 7) is 2.00. The van der Waals surface area contributed by atoms with Crippen LogP contribution in [0.5, 0.6) is 0 Å². The van der Waals surface area contributed by atoms with Crippen molar-refractivity contribution in [2.24, 2.45) is 0 Å². The Hall–Kier alpha value is -2.62. The predicted octanol–water partition coefficient (Wildman–Crippen LogP) is 2.64. The minimum Gasteiger partial charge on any atom is -0.306 e. The van der Waals surface area contributed by atoms with E-state index in [4.69, 9.17) is 0 Å². The third kappa shape index (κ3) is 1.34. The Morgan fingerprint density at radius 2 is 2.00 bits per heavy atom. The maximum absolute atomic E-state index is 12.2. The first-order valence-electron chi connectivity index (χ1n) is 6.14. The summed E-state index contributed by atoms with van der Waals surface area (Å²) in [5.41, 5.74) is 4.17. The zero-order valence-corrected chi connectivity index (χ0v) is 10.3. The monoisotopic (exact) mass is 249 g/mol. The van der Waals surface area contributed by atoms with E-state index in [1.54, 1.807) is 4.40 Å². The Morgan fingerprint density at radius 3 is 2.89 bits per heavy atom. The molecule has 4 heteroatoms. The zero-order chi connectivity index (χ0) is 13.0. The summed E-state index contributed by atoms with van der Waals surface area (Å²) in [6, 6.07) is 13.7. The number of para-hydroxylation sites is 2. The van der Waals surface area contributed by atoms with Gasteiger partial charge in [0, 0.05) is 5.39 Å². The van der Waals surface area contributed by atoms with Crippen LogP contribution in [0.2, 0.25) is 0 Å².